The SMILES string of the molecule is CNC1C(=O)N(c2ccncc2)CCCC1C. The molecular weight excluding hydrogens is 214 g/mol. The fraction of sp³-hybridized carbons (Fsp3) is 0.538. The van der Waals surface area contributed by atoms with Crippen molar-refractivity contribution in [3.63, 3.8) is 0 Å². The highest BCUT2D eigenvalue weighted by Gasteiger charge is 2.31. The lowest BCUT2D eigenvalue weighted by atomic mass is 9.98. The highest BCUT2D eigenvalue weighted by atomic mass is 16.2. The lowest BCUT2D eigenvalue weighted by Crippen LogP contribution is -2.47. The third-order valence-electron chi connectivity index (χ3n) is 3.43. The molecule has 1 fully saturated rings. The topological polar surface area (TPSA) is 45.2 Å². The Kier molecular flexibility index (Phi) is 3.74. The van der Waals surface area contributed by atoms with Crippen LogP contribution in [-0.4, -0.2) is 30.5 Å². The summed E-state index contributed by atoms with van der Waals surface area (Å²) >= 11 is 0. The summed E-state index contributed by atoms with van der Waals surface area (Å²) in [5.74, 6) is 0.558. The highest BCUT2D eigenvalue weighted by Crippen LogP contribution is 2.23. The van der Waals surface area contributed by atoms with Crippen molar-refractivity contribution in [2.24, 2.45) is 5.92 Å². The van der Waals surface area contributed by atoms with Crippen molar-refractivity contribution in [1.82, 2.24) is 10.3 Å². The number of nitrogens with zero attached hydrogens (tertiary/aromatic N) is 2. The highest BCUT2D eigenvalue weighted by molar-refractivity contribution is 5.97. The van der Waals surface area contributed by atoms with Gasteiger partial charge in [0.15, 0.2) is 0 Å². The van der Waals surface area contributed by atoms with Gasteiger partial charge in [-0.15, -0.1) is 0 Å². The van der Waals surface area contributed by atoms with E-state index in [-0.39, 0.29) is 11.9 Å². The van der Waals surface area contributed by atoms with Crippen molar-refractivity contribution in [2.45, 2.75) is 25.8 Å². The maximum atomic E-state index is 12.4. The van der Waals surface area contributed by atoms with Crippen molar-refractivity contribution >= 4 is 11.6 Å². The molecule has 1 amide bonds. The number of pyridine rings is 1. The van der Waals surface area contributed by atoms with E-state index in [2.05, 4.69) is 17.2 Å². The molecule has 1 aromatic rings. The van der Waals surface area contributed by atoms with Crippen LogP contribution in [0.2, 0.25) is 0 Å². The van der Waals surface area contributed by atoms with Gasteiger partial charge in [0.1, 0.15) is 0 Å². The molecule has 1 aromatic heterocycles. The Bertz CT molecular complexity index is 380. The molecule has 0 aliphatic carbocycles. The van der Waals surface area contributed by atoms with Crippen LogP contribution in [0.25, 0.3) is 0 Å². The number of amides is 1. The van der Waals surface area contributed by atoms with Crippen molar-refractivity contribution in [3.05, 3.63) is 24.5 Å². The van der Waals surface area contributed by atoms with Crippen molar-refractivity contribution < 1.29 is 4.79 Å². The first-order valence-electron chi connectivity index (χ1n) is 6.12. The molecule has 4 nitrogen and oxygen atoms in total. The van der Waals surface area contributed by atoms with Gasteiger partial charge in [0.05, 0.1) is 6.04 Å². The summed E-state index contributed by atoms with van der Waals surface area (Å²) in [5.41, 5.74) is 0.944. The maximum absolute atomic E-state index is 12.4. The standard InChI is InChI=1S/C13H19N3O/c1-10-4-3-9-16(13(17)12(10)14-2)11-5-7-15-8-6-11/h5-8,10,12,14H,3-4,9H2,1-2H3. The number of likely N-dealkylation sites (N-methyl/N-ethyl adjacent to an activating group) is 1. The van der Waals surface area contributed by atoms with E-state index < -0.39 is 0 Å². The molecule has 0 bridgehead atoms. The van der Waals surface area contributed by atoms with E-state index >= 15 is 0 Å². The molecular formula is C13H19N3O. The monoisotopic (exact) mass is 233 g/mol. The van der Waals surface area contributed by atoms with E-state index in [1.54, 1.807) is 12.4 Å². The minimum atomic E-state index is -0.0781. The minimum Gasteiger partial charge on any atom is -0.311 e. The Hall–Kier alpha value is -1.42. The fourth-order valence-corrected chi connectivity index (χ4v) is 2.45. The second kappa shape index (κ2) is 5.27. The molecule has 1 aliphatic rings. The zero-order valence-corrected chi connectivity index (χ0v) is 10.4. The van der Waals surface area contributed by atoms with Gasteiger partial charge in [-0.2, -0.15) is 0 Å². The van der Waals surface area contributed by atoms with E-state index in [9.17, 15) is 4.79 Å². The van der Waals surface area contributed by atoms with E-state index in [1.165, 1.54) is 0 Å². The van der Waals surface area contributed by atoms with Crippen LogP contribution >= 0.6 is 0 Å². The Morgan fingerprint density at radius 3 is 2.76 bits per heavy atom. The van der Waals surface area contributed by atoms with Crippen molar-refractivity contribution in [3.8, 4) is 0 Å². The van der Waals surface area contributed by atoms with Gasteiger partial charge in [0, 0.05) is 24.6 Å². The van der Waals surface area contributed by atoms with Crippen molar-refractivity contribution in [1.29, 1.82) is 0 Å². The molecule has 1 N–H and O–H groups in total. The molecule has 1 aliphatic heterocycles. The Morgan fingerprint density at radius 2 is 2.12 bits per heavy atom. The summed E-state index contributed by atoms with van der Waals surface area (Å²) < 4.78 is 0. The number of hydrogen-bond donors (Lipinski definition) is 1. The van der Waals surface area contributed by atoms with Gasteiger partial charge < -0.3 is 10.2 Å². The third kappa shape index (κ3) is 2.47. The molecule has 4 heteroatoms. The number of carbonyl (C=O) groups is 1. The first kappa shape index (κ1) is 12.0. The summed E-state index contributed by atoms with van der Waals surface area (Å²) in [5, 5.41) is 3.14. The van der Waals surface area contributed by atoms with Gasteiger partial charge in [-0.25, -0.2) is 0 Å². The molecule has 0 saturated carbocycles. The number of carbonyl (C=O) groups excluding carboxylic acids is 1. The number of nitrogens with one attached hydrogen (secondary N) is 1. The number of anilines is 1. The van der Waals surface area contributed by atoms with Crippen LogP contribution in [0.4, 0.5) is 5.69 Å². The minimum absolute atomic E-state index is 0.0781. The number of hydrogen-bond acceptors (Lipinski definition) is 3. The summed E-state index contributed by atoms with van der Waals surface area (Å²) in [4.78, 5) is 18.3. The molecule has 92 valence electrons. The second-order valence-corrected chi connectivity index (χ2v) is 4.58. The Balaban J connectivity index is 2.25. The predicted molar refractivity (Wildman–Crippen MR) is 67.8 cm³/mol. The Labute approximate surface area is 102 Å². The zero-order chi connectivity index (χ0) is 12.3. The number of aromatic nitrogens is 1. The first-order valence-corrected chi connectivity index (χ1v) is 6.12. The van der Waals surface area contributed by atoms with Crippen LogP contribution in [0.3, 0.4) is 0 Å². The van der Waals surface area contributed by atoms with Crippen molar-refractivity contribution in [2.75, 3.05) is 18.5 Å². The molecule has 0 spiro atoms. The quantitative estimate of drug-likeness (QED) is 0.840. The van der Waals surface area contributed by atoms with Gasteiger partial charge in [-0.3, -0.25) is 9.78 Å². The second-order valence-electron chi connectivity index (χ2n) is 4.58. The van der Waals surface area contributed by atoms with E-state index in [0.717, 1.165) is 25.1 Å². The molecule has 2 atom stereocenters. The normalized spacial score (nSPS) is 25.8. The molecule has 0 radical (unpaired) electrons. The molecule has 17 heavy (non-hydrogen) atoms. The van der Waals surface area contributed by atoms with E-state index in [4.69, 9.17) is 0 Å². The smallest absolute Gasteiger partial charge is 0.244 e. The zero-order valence-electron chi connectivity index (χ0n) is 10.4. The van der Waals surface area contributed by atoms with Gasteiger partial charge in [-0.05, 0) is 37.9 Å². The predicted octanol–water partition coefficient (Wildman–Crippen LogP) is 1.43. The molecule has 2 unspecified atom stereocenters. The molecule has 0 aromatic carbocycles. The third-order valence-corrected chi connectivity index (χ3v) is 3.43. The average molecular weight is 233 g/mol. The molecule has 2 heterocycles. The molecule has 1 saturated heterocycles. The van der Waals surface area contributed by atoms with Crippen LogP contribution in [-0.2, 0) is 4.79 Å². The molecule has 2 rings (SSSR count). The lowest BCUT2D eigenvalue weighted by molar-refractivity contribution is -0.121. The number of rotatable bonds is 2. The van der Waals surface area contributed by atoms with Gasteiger partial charge in [-0.1, -0.05) is 6.92 Å². The maximum Gasteiger partial charge on any atom is 0.244 e. The summed E-state index contributed by atoms with van der Waals surface area (Å²) in [6.07, 6.45) is 5.59. The van der Waals surface area contributed by atoms with Gasteiger partial charge >= 0.3 is 0 Å². The lowest BCUT2D eigenvalue weighted by Gasteiger charge is -2.26. The summed E-state index contributed by atoms with van der Waals surface area (Å²) in [7, 11) is 1.86. The largest absolute Gasteiger partial charge is 0.311 e. The van der Waals surface area contributed by atoms with Crippen LogP contribution < -0.4 is 10.2 Å². The average Bonchev–Trinajstić information content (AvgIpc) is 2.49. The van der Waals surface area contributed by atoms with E-state index in [0.29, 0.717) is 5.92 Å². The summed E-state index contributed by atoms with van der Waals surface area (Å²) in [6.45, 7) is 2.93. The summed E-state index contributed by atoms with van der Waals surface area (Å²) in [6, 6.07) is 3.70. The van der Waals surface area contributed by atoms with Crippen LogP contribution in [0.1, 0.15) is 19.8 Å². The van der Waals surface area contributed by atoms with Crippen LogP contribution in [0.5, 0.6) is 0 Å². The first-order chi connectivity index (χ1) is 8.24. The van der Waals surface area contributed by atoms with Crippen LogP contribution in [0, 0.1) is 5.92 Å². The van der Waals surface area contributed by atoms with E-state index in [1.807, 2.05) is 24.1 Å². The van der Waals surface area contributed by atoms with Gasteiger partial charge in [0.25, 0.3) is 0 Å². The van der Waals surface area contributed by atoms with Gasteiger partial charge in [0.2, 0.25) is 5.91 Å². The fourth-order valence-electron chi connectivity index (χ4n) is 2.45. The van der Waals surface area contributed by atoms with Crippen LogP contribution in [0.15, 0.2) is 24.5 Å². The Morgan fingerprint density at radius 1 is 1.41 bits per heavy atom.